The Kier molecular flexibility index (Phi) is 17.2. The molecule has 0 radical (unpaired) electrons. The maximum absolute atomic E-state index is 12.6. The van der Waals surface area contributed by atoms with Crippen LogP contribution in [0.15, 0.2) is 105 Å². The Morgan fingerprint density at radius 3 is 1.24 bits per heavy atom. The van der Waals surface area contributed by atoms with Gasteiger partial charge in [0.25, 0.3) is 20.2 Å². The molecule has 360 valence electrons. The molecule has 4 aromatic carbocycles. The van der Waals surface area contributed by atoms with Gasteiger partial charge in [0, 0.05) is 22.7 Å². The number of nitrogens with one attached hydrogen (secondary N) is 4. The maximum atomic E-state index is 12.6. The summed E-state index contributed by atoms with van der Waals surface area (Å²) in [6.45, 7) is 1.24. The van der Waals surface area contributed by atoms with Gasteiger partial charge in [0.05, 0.1) is 29.6 Å². The van der Waals surface area contributed by atoms with Gasteiger partial charge in [0.15, 0.2) is 22.2 Å². The van der Waals surface area contributed by atoms with Crippen LogP contribution in [0.25, 0.3) is 12.2 Å². The standard InChI is InChI=1S/C37H34Cl2N10O14S5/c1-2-17-61-64(50)28-13-9-24(10-14-28)40-34-44-32(38)46-36(48-34)42-26-7-5-22(30(20-26)66(52,53)54)3-4-23-6-8-27(21-31(23)67(55,56)57)43-37-47-33(39)45-35(49-37)41-25-11-15-29(16-12-25)65(51)62-18-19-63-68(58,59)60/h3-16,20-21H,2,17-19H2,1H3,(H,52,53,54)(H,55,56,57)(H,58,59,60)(H2,40,42,44,46,48)(H2,41,43,45,47,49)/b4-3+. The quantitative estimate of drug-likeness (QED) is 0.0222. The van der Waals surface area contributed by atoms with E-state index in [1.807, 2.05) is 6.92 Å². The molecule has 0 bridgehead atoms. The lowest BCUT2D eigenvalue weighted by Crippen LogP contribution is -2.11. The van der Waals surface area contributed by atoms with E-state index in [0.29, 0.717) is 29.3 Å². The molecule has 6 rings (SSSR count). The molecule has 2 unspecified atom stereocenters. The third-order valence-electron chi connectivity index (χ3n) is 8.26. The Morgan fingerprint density at radius 1 is 0.529 bits per heavy atom. The number of nitrogens with zero attached hydrogens (tertiary/aromatic N) is 6. The van der Waals surface area contributed by atoms with E-state index in [4.69, 9.17) is 36.1 Å². The molecular weight excluding hydrogens is 1040 g/mol. The van der Waals surface area contributed by atoms with E-state index in [9.17, 15) is 42.8 Å². The van der Waals surface area contributed by atoms with Crippen LogP contribution in [0.4, 0.5) is 46.5 Å². The fourth-order valence-electron chi connectivity index (χ4n) is 5.41. The zero-order valence-electron chi connectivity index (χ0n) is 34.4. The molecule has 0 aliphatic carbocycles. The molecule has 0 aliphatic rings. The molecule has 0 amide bonds. The van der Waals surface area contributed by atoms with Crippen LogP contribution in [0.2, 0.25) is 10.6 Å². The average Bonchev–Trinajstić information content (AvgIpc) is 3.26. The van der Waals surface area contributed by atoms with Crippen molar-refractivity contribution in [3.8, 4) is 0 Å². The molecule has 0 spiro atoms. The van der Waals surface area contributed by atoms with Gasteiger partial charge in [-0.2, -0.15) is 55.2 Å². The van der Waals surface area contributed by atoms with E-state index in [1.165, 1.54) is 60.7 Å². The van der Waals surface area contributed by atoms with Crippen molar-refractivity contribution >= 4 is 135 Å². The minimum absolute atomic E-state index is 0.00832. The average molecular weight is 1070 g/mol. The van der Waals surface area contributed by atoms with E-state index in [0.717, 1.165) is 12.1 Å². The lowest BCUT2D eigenvalue weighted by molar-refractivity contribution is 0.212. The minimum atomic E-state index is -4.93. The van der Waals surface area contributed by atoms with Crippen LogP contribution in [-0.4, -0.2) is 97.1 Å². The van der Waals surface area contributed by atoms with Gasteiger partial charge >= 0.3 is 10.4 Å². The summed E-state index contributed by atoms with van der Waals surface area (Å²) in [5, 5.41) is 10.8. The summed E-state index contributed by atoms with van der Waals surface area (Å²) in [5.41, 5.74) is 0.806. The Bertz CT molecular complexity index is 3230. The second-order valence-corrected chi connectivity index (χ2v) is 20.1. The van der Waals surface area contributed by atoms with Gasteiger partial charge in [-0.05, 0) is 114 Å². The fourth-order valence-corrected chi connectivity index (χ4v) is 8.95. The van der Waals surface area contributed by atoms with Crippen LogP contribution in [0.1, 0.15) is 24.5 Å². The highest BCUT2D eigenvalue weighted by atomic mass is 35.5. The first kappa shape index (κ1) is 51.7. The topological polar surface area (TPSA) is 350 Å². The van der Waals surface area contributed by atoms with Gasteiger partial charge in [-0.3, -0.25) is 22.0 Å². The minimum Gasteiger partial charge on any atom is -0.324 e. The van der Waals surface area contributed by atoms with E-state index in [1.54, 1.807) is 24.3 Å². The van der Waals surface area contributed by atoms with Crippen molar-refractivity contribution in [1.29, 1.82) is 0 Å². The molecule has 2 atom stereocenters. The van der Waals surface area contributed by atoms with E-state index < -0.39 is 75.8 Å². The number of hydrogen-bond acceptors (Lipinski definition) is 21. The van der Waals surface area contributed by atoms with Crippen LogP contribution in [-0.2, 0) is 65.3 Å². The smallest absolute Gasteiger partial charge is 0.324 e. The van der Waals surface area contributed by atoms with Gasteiger partial charge in [-0.1, -0.05) is 31.2 Å². The van der Waals surface area contributed by atoms with Gasteiger partial charge in [-0.15, -0.1) is 0 Å². The summed E-state index contributed by atoms with van der Waals surface area (Å²) in [7, 11) is -14.5. The molecule has 31 heteroatoms. The summed E-state index contributed by atoms with van der Waals surface area (Å²) < 4.78 is 139. The lowest BCUT2D eigenvalue weighted by Gasteiger charge is -2.12. The number of anilines is 8. The van der Waals surface area contributed by atoms with Crippen molar-refractivity contribution in [2.45, 2.75) is 32.9 Å². The summed E-state index contributed by atoms with van der Waals surface area (Å²) in [6.07, 6.45) is 3.07. The van der Waals surface area contributed by atoms with Crippen molar-refractivity contribution < 1.29 is 59.9 Å². The van der Waals surface area contributed by atoms with E-state index in [2.05, 4.69) is 55.4 Å². The molecule has 2 aromatic heterocycles. The largest absolute Gasteiger partial charge is 0.397 e. The molecule has 0 saturated heterocycles. The van der Waals surface area contributed by atoms with Crippen molar-refractivity contribution in [2.24, 2.45) is 0 Å². The van der Waals surface area contributed by atoms with Crippen molar-refractivity contribution in [3.63, 3.8) is 0 Å². The van der Waals surface area contributed by atoms with Crippen LogP contribution in [0, 0.1) is 0 Å². The highest BCUT2D eigenvalue weighted by Crippen LogP contribution is 2.29. The van der Waals surface area contributed by atoms with Gasteiger partial charge in [-0.25, -0.2) is 12.6 Å². The summed E-state index contributed by atoms with van der Waals surface area (Å²) in [5.74, 6) is -0.391. The van der Waals surface area contributed by atoms with Gasteiger partial charge in [0.1, 0.15) is 9.79 Å². The Hall–Kier alpha value is -5.67. The molecule has 0 aliphatic heterocycles. The highest BCUT2D eigenvalue weighted by molar-refractivity contribution is 7.86. The second-order valence-electron chi connectivity index (χ2n) is 13.2. The van der Waals surface area contributed by atoms with Crippen LogP contribution in [0.5, 0.6) is 0 Å². The molecule has 24 nitrogen and oxygen atoms in total. The SMILES string of the molecule is CCCOS(=O)c1ccc(Nc2nc(Cl)nc(Nc3ccc(/C=C/c4ccc(Nc5nc(Cl)nc(Nc6ccc(S(=O)OCCOS(=O)(=O)O)cc6)n5)cc4S(=O)(=O)O)c(S(=O)(=O)O)c3)n2)cc1. The first-order valence-electron chi connectivity index (χ1n) is 18.9. The Labute approximate surface area is 402 Å². The lowest BCUT2D eigenvalue weighted by atomic mass is 10.1. The molecule has 0 fully saturated rings. The highest BCUT2D eigenvalue weighted by Gasteiger charge is 2.19. The second kappa shape index (κ2) is 22.6. The molecule has 0 saturated carbocycles. The van der Waals surface area contributed by atoms with Gasteiger partial charge in [0.2, 0.25) is 34.4 Å². The predicted octanol–water partition coefficient (Wildman–Crippen LogP) is 6.31. The molecule has 68 heavy (non-hydrogen) atoms. The monoisotopic (exact) mass is 1070 g/mol. The van der Waals surface area contributed by atoms with Crippen molar-refractivity contribution in [3.05, 3.63) is 107 Å². The van der Waals surface area contributed by atoms with E-state index >= 15 is 0 Å². The fraction of sp³-hybridized carbons (Fsp3) is 0.135. The zero-order valence-corrected chi connectivity index (χ0v) is 40.0. The first-order valence-corrected chi connectivity index (χ1v) is 26.0. The number of halogens is 2. The number of hydrogen-bond donors (Lipinski definition) is 7. The van der Waals surface area contributed by atoms with Gasteiger partial charge < -0.3 is 21.3 Å². The summed E-state index contributed by atoms with van der Waals surface area (Å²) >= 11 is 8.61. The third kappa shape index (κ3) is 15.4. The molecular formula is C37H34Cl2N10O14S5. The van der Waals surface area contributed by atoms with E-state index in [-0.39, 0.29) is 61.8 Å². The number of benzene rings is 4. The number of aromatic nitrogens is 6. The molecule has 6 aromatic rings. The zero-order chi connectivity index (χ0) is 49.2. The summed E-state index contributed by atoms with van der Waals surface area (Å²) in [6, 6.07) is 19.7. The van der Waals surface area contributed by atoms with Crippen LogP contribution in [0.3, 0.4) is 0 Å². The Balaban J connectivity index is 1.15. The maximum Gasteiger partial charge on any atom is 0.397 e. The normalized spacial score (nSPS) is 13.0. The first-order chi connectivity index (χ1) is 32.1. The van der Waals surface area contributed by atoms with Crippen LogP contribution >= 0.6 is 23.2 Å². The molecule has 2 heterocycles. The number of rotatable bonds is 22. The summed E-state index contributed by atoms with van der Waals surface area (Å²) in [4.78, 5) is 23.9. The van der Waals surface area contributed by atoms with Crippen molar-refractivity contribution in [2.75, 3.05) is 41.1 Å². The van der Waals surface area contributed by atoms with Crippen LogP contribution < -0.4 is 21.3 Å². The van der Waals surface area contributed by atoms with Crippen molar-refractivity contribution in [1.82, 2.24) is 29.9 Å². The Morgan fingerprint density at radius 2 is 0.882 bits per heavy atom. The third-order valence-corrected chi connectivity index (χ3v) is 13.0. The predicted molar refractivity (Wildman–Crippen MR) is 250 cm³/mol. The molecule has 7 N–H and O–H groups in total.